The molecule has 1 heterocycles. The van der Waals surface area contributed by atoms with Crippen molar-refractivity contribution in [3.05, 3.63) is 71.2 Å². The van der Waals surface area contributed by atoms with Crippen LogP contribution in [0, 0.1) is 0 Å². The van der Waals surface area contributed by atoms with E-state index in [9.17, 15) is 0 Å². The minimum absolute atomic E-state index is 0.0344. The molecular formula is C22H20ClNO. The Morgan fingerprint density at radius 2 is 1.64 bits per heavy atom. The molecule has 126 valence electrons. The third kappa shape index (κ3) is 2.98. The molecule has 25 heavy (non-hydrogen) atoms. The van der Waals surface area contributed by atoms with Crippen LogP contribution in [0.2, 0.25) is 5.02 Å². The number of hydrogen-bond acceptors (Lipinski definition) is 2. The standard InChI is InChI=1S/C22H20ClNO/c1-22(2,3)14-11-15(23)13-16(12-14)24-19-9-6-8-18-17-7-4-5-10-20(17)25-21(18)19/h4-13,24H,1-3H3. The highest BCUT2D eigenvalue weighted by Crippen LogP contribution is 2.36. The lowest BCUT2D eigenvalue weighted by molar-refractivity contribution is 0.590. The number of hydrogen-bond donors (Lipinski definition) is 1. The Morgan fingerprint density at radius 3 is 2.44 bits per heavy atom. The highest BCUT2D eigenvalue weighted by molar-refractivity contribution is 6.31. The molecule has 0 spiro atoms. The molecule has 0 fully saturated rings. The van der Waals surface area contributed by atoms with E-state index in [-0.39, 0.29) is 5.41 Å². The Hall–Kier alpha value is -2.45. The Kier molecular flexibility index (Phi) is 3.73. The van der Waals surface area contributed by atoms with Gasteiger partial charge in [-0.25, -0.2) is 0 Å². The van der Waals surface area contributed by atoms with Gasteiger partial charge in [0.1, 0.15) is 5.58 Å². The predicted molar refractivity (Wildman–Crippen MR) is 107 cm³/mol. The number of anilines is 2. The van der Waals surface area contributed by atoms with Crippen molar-refractivity contribution in [3.8, 4) is 0 Å². The fourth-order valence-corrected chi connectivity index (χ4v) is 3.33. The molecule has 1 aromatic heterocycles. The first-order valence-corrected chi connectivity index (χ1v) is 8.78. The molecule has 0 radical (unpaired) electrons. The summed E-state index contributed by atoms with van der Waals surface area (Å²) in [7, 11) is 0. The monoisotopic (exact) mass is 349 g/mol. The van der Waals surface area contributed by atoms with Crippen molar-refractivity contribution in [1.82, 2.24) is 0 Å². The summed E-state index contributed by atoms with van der Waals surface area (Å²) in [6.07, 6.45) is 0. The van der Waals surface area contributed by atoms with Gasteiger partial charge in [0, 0.05) is 21.5 Å². The number of para-hydroxylation sites is 2. The van der Waals surface area contributed by atoms with Crippen LogP contribution in [0.3, 0.4) is 0 Å². The van der Waals surface area contributed by atoms with Gasteiger partial charge in [-0.1, -0.05) is 62.7 Å². The fourth-order valence-electron chi connectivity index (χ4n) is 3.10. The molecule has 0 unspecified atom stereocenters. The quantitative estimate of drug-likeness (QED) is 0.411. The van der Waals surface area contributed by atoms with E-state index in [2.05, 4.69) is 44.3 Å². The largest absolute Gasteiger partial charge is 0.454 e. The van der Waals surface area contributed by atoms with Gasteiger partial charge in [-0.3, -0.25) is 0 Å². The van der Waals surface area contributed by atoms with Gasteiger partial charge in [0.2, 0.25) is 0 Å². The number of halogens is 1. The van der Waals surface area contributed by atoms with E-state index in [1.807, 2.05) is 42.5 Å². The van der Waals surface area contributed by atoms with Gasteiger partial charge in [-0.05, 0) is 41.3 Å². The summed E-state index contributed by atoms with van der Waals surface area (Å²) in [4.78, 5) is 0. The number of fused-ring (bicyclic) bond motifs is 3. The Morgan fingerprint density at radius 1 is 0.880 bits per heavy atom. The van der Waals surface area contributed by atoms with Crippen LogP contribution in [-0.2, 0) is 5.41 Å². The third-order valence-electron chi connectivity index (χ3n) is 4.45. The molecule has 3 heteroatoms. The summed E-state index contributed by atoms with van der Waals surface area (Å²) >= 11 is 6.34. The first-order valence-electron chi connectivity index (χ1n) is 8.40. The highest BCUT2D eigenvalue weighted by atomic mass is 35.5. The van der Waals surface area contributed by atoms with E-state index in [4.69, 9.17) is 16.0 Å². The molecule has 0 saturated heterocycles. The molecule has 3 aromatic carbocycles. The van der Waals surface area contributed by atoms with E-state index in [1.165, 1.54) is 5.56 Å². The van der Waals surface area contributed by atoms with Crippen molar-refractivity contribution in [3.63, 3.8) is 0 Å². The molecule has 0 aliphatic carbocycles. The molecule has 4 rings (SSSR count). The third-order valence-corrected chi connectivity index (χ3v) is 4.67. The second-order valence-electron chi connectivity index (χ2n) is 7.38. The van der Waals surface area contributed by atoms with Gasteiger partial charge in [-0.2, -0.15) is 0 Å². The second-order valence-corrected chi connectivity index (χ2v) is 7.82. The minimum atomic E-state index is 0.0344. The van der Waals surface area contributed by atoms with Crippen LogP contribution in [0.1, 0.15) is 26.3 Å². The van der Waals surface area contributed by atoms with Crippen molar-refractivity contribution >= 4 is 44.9 Å². The Labute approximate surface area is 152 Å². The van der Waals surface area contributed by atoms with E-state index >= 15 is 0 Å². The first kappa shape index (κ1) is 16.0. The maximum atomic E-state index is 6.34. The van der Waals surface area contributed by atoms with Crippen LogP contribution in [0.15, 0.2) is 65.1 Å². The average Bonchev–Trinajstić information content (AvgIpc) is 2.93. The molecule has 0 aliphatic heterocycles. The van der Waals surface area contributed by atoms with Crippen molar-refractivity contribution in [2.75, 3.05) is 5.32 Å². The summed E-state index contributed by atoms with van der Waals surface area (Å²) < 4.78 is 6.09. The van der Waals surface area contributed by atoms with Crippen LogP contribution >= 0.6 is 11.6 Å². The summed E-state index contributed by atoms with van der Waals surface area (Å²) in [5.41, 5.74) is 4.89. The van der Waals surface area contributed by atoms with Crippen molar-refractivity contribution in [2.45, 2.75) is 26.2 Å². The predicted octanol–water partition coefficient (Wildman–Crippen LogP) is 7.28. The first-order chi connectivity index (χ1) is 11.9. The molecule has 1 N–H and O–H groups in total. The zero-order valence-electron chi connectivity index (χ0n) is 14.6. The molecule has 0 bridgehead atoms. The minimum Gasteiger partial charge on any atom is -0.454 e. The van der Waals surface area contributed by atoms with E-state index in [1.54, 1.807) is 0 Å². The van der Waals surface area contributed by atoms with Gasteiger partial charge in [0.25, 0.3) is 0 Å². The van der Waals surface area contributed by atoms with E-state index in [0.29, 0.717) is 0 Å². The summed E-state index contributed by atoms with van der Waals surface area (Å²) in [5.74, 6) is 0. The van der Waals surface area contributed by atoms with Gasteiger partial charge in [-0.15, -0.1) is 0 Å². The molecule has 0 saturated carbocycles. The Balaban J connectivity index is 1.83. The lowest BCUT2D eigenvalue weighted by atomic mass is 9.87. The van der Waals surface area contributed by atoms with E-state index < -0.39 is 0 Å². The number of nitrogens with one attached hydrogen (secondary N) is 1. The van der Waals surface area contributed by atoms with Crippen molar-refractivity contribution in [2.24, 2.45) is 0 Å². The van der Waals surface area contributed by atoms with Gasteiger partial charge >= 0.3 is 0 Å². The normalized spacial score (nSPS) is 12.0. The summed E-state index contributed by atoms with van der Waals surface area (Å²) in [6.45, 7) is 6.55. The average molecular weight is 350 g/mol. The van der Waals surface area contributed by atoms with Crippen LogP contribution < -0.4 is 5.32 Å². The number of benzene rings is 3. The molecule has 2 nitrogen and oxygen atoms in total. The fraction of sp³-hybridized carbons (Fsp3) is 0.182. The summed E-state index contributed by atoms with van der Waals surface area (Å²) in [5, 5.41) is 6.45. The lowest BCUT2D eigenvalue weighted by Crippen LogP contribution is -2.11. The zero-order valence-corrected chi connectivity index (χ0v) is 15.3. The topological polar surface area (TPSA) is 25.2 Å². The second kappa shape index (κ2) is 5.82. The van der Waals surface area contributed by atoms with Crippen molar-refractivity contribution in [1.29, 1.82) is 0 Å². The van der Waals surface area contributed by atoms with Crippen molar-refractivity contribution < 1.29 is 4.42 Å². The van der Waals surface area contributed by atoms with Crippen LogP contribution in [0.25, 0.3) is 21.9 Å². The van der Waals surface area contributed by atoms with Gasteiger partial charge in [0.15, 0.2) is 5.58 Å². The zero-order chi connectivity index (χ0) is 17.6. The maximum Gasteiger partial charge on any atom is 0.158 e. The highest BCUT2D eigenvalue weighted by Gasteiger charge is 2.16. The number of rotatable bonds is 2. The molecule has 0 atom stereocenters. The smallest absolute Gasteiger partial charge is 0.158 e. The molecular weight excluding hydrogens is 330 g/mol. The Bertz CT molecular complexity index is 1070. The van der Waals surface area contributed by atoms with Crippen LogP contribution in [0.4, 0.5) is 11.4 Å². The maximum absolute atomic E-state index is 6.34. The summed E-state index contributed by atoms with van der Waals surface area (Å²) in [6, 6.07) is 20.4. The SMILES string of the molecule is CC(C)(C)c1cc(Cl)cc(Nc2cccc3c2oc2ccccc23)c1. The molecule has 0 amide bonds. The van der Waals surface area contributed by atoms with Crippen LogP contribution in [0.5, 0.6) is 0 Å². The molecule has 0 aliphatic rings. The number of furan rings is 1. The van der Waals surface area contributed by atoms with Crippen LogP contribution in [-0.4, -0.2) is 0 Å². The van der Waals surface area contributed by atoms with Gasteiger partial charge in [0.05, 0.1) is 5.69 Å². The van der Waals surface area contributed by atoms with Gasteiger partial charge < -0.3 is 9.73 Å². The molecule has 4 aromatic rings. The lowest BCUT2D eigenvalue weighted by Gasteiger charge is -2.20. The van der Waals surface area contributed by atoms with E-state index in [0.717, 1.165) is 38.3 Å².